The molecule has 0 aliphatic carbocycles. The molecular formula is C16H32N4+2. The van der Waals surface area contributed by atoms with Crippen LogP contribution in [0.3, 0.4) is 0 Å². The lowest BCUT2D eigenvalue weighted by molar-refractivity contribution is -1.47. The first kappa shape index (κ1) is 15.4. The van der Waals surface area contributed by atoms with Gasteiger partial charge >= 0.3 is 0 Å². The highest BCUT2D eigenvalue weighted by atomic mass is 15.9. The largest absolute Gasteiger partial charge is 0.323 e. The third-order valence-electron chi connectivity index (χ3n) is 5.65. The third kappa shape index (κ3) is 1.74. The zero-order valence-electron chi connectivity index (χ0n) is 14.1. The SMILES string of the molecule is CCC1N(CC)C=C[N+]1(CC)[N+]1(CC)C=CN(C)C1C. The predicted molar refractivity (Wildman–Crippen MR) is 83.6 cm³/mol. The molecule has 114 valence electrons. The summed E-state index contributed by atoms with van der Waals surface area (Å²) in [6.45, 7) is 14.9. The second kappa shape index (κ2) is 5.41. The Balaban J connectivity index is 2.50. The van der Waals surface area contributed by atoms with Crippen LogP contribution in [0.15, 0.2) is 24.8 Å². The molecule has 0 bridgehead atoms. The molecule has 2 aliphatic heterocycles. The van der Waals surface area contributed by atoms with Crippen molar-refractivity contribution in [2.45, 2.75) is 53.4 Å². The maximum atomic E-state index is 2.51. The summed E-state index contributed by atoms with van der Waals surface area (Å²) in [5.41, 5.74) is 0. The predicted octanol–water partition coefficient (Wildman–Crippen LogP) is 2.88. The van der Waals surface area contributed by atoms with Crippen LogP contribution in [0.5, 0.6) is 0 Å². The zero-order valence-corrected chi connectivity index (χ0v) is 14.1. The maximum absolute atomic E-state index is 2.51. The number of quaternary nitrogens is 2. The maximum Gasteiger partial charge on any atom is 0.212 e. The summed E-state index contributed by atoms with van der Waals surface area (Å²) in [6.07, 6.45) is 11.7. The summed E-state index contributed by atoms with van der Waals surface area (Å²) in [4.78, 5) is 4.87. The quantitative estimate of drug-likeness (QED) is 0.715. The van der Waals surface area contributed by atoms with Gasteiger partial charge in [0, 0.05) is 26.9 Å². The topological polar surface area (TPSA) is 6.48 Å². The monoisotopic (exact) mass is 280 g/mol. The average molecular weight is 280 g/mol. The summed E-state index contributed by atoms with van der Waals surface area (Å²) >= 11 is 0. The Morgan fingerprint density at radius 3 is 1.95 bits per heavy atom. The van der Waals surface area contributed by atoms with Gasteiger partial charge in [-0.05, 0) is 20.8 Å². The molecule has 20 heavy (non-hydrogen) atoms. The average Bonchev–Trinajstić information content (AvgIpc) is 2.99. The molecule has 0 fully saturated rings. The van der Waals surface area contributed by atoms with Gasteiger partial charge in [-0.25, -0.2) is 0 Å². The van der Waals surface area contributed by atoms with Gasteiger partial charge in [-0.1, -0.05) is 6.92 Å². The fourth-order valence-corrected chi connectivity index (χ4v) is 4.33. The van der Waals surface area contributed by atoms with Gasteiger partial charge in [-0.3, -0.25) is 0 Å². The van der Waals surface area contributed by atoms with Crippen molar-refractivity contribution in [1.82, 2.24) is 9.80 Å². The van der Waals surface area contributed by atoms with Crippen molar-refractivity contribution in [2.24, 2.45) is 0 Å². The summed E-state index contributed by atoms with van der Waals surface area (Å²) in [5.74, 6) is 0. The van der Waals surface area contributed by atoms with E-state index in [4.69, 9.17) is 0 Å². The highest BCUT2D eigenvalue weighted by molar-refractivity contribution is 4.89. The molecule has 2 rings (SSSR count). The first-order valence-corrected chi connectivity index (χ1v) is 8.14. The molecule has 0 amide bonds. The van der Waals surface area contributed by atoms with Crippen molar-refractivity contribution in [2.75, 3.05) is 26.7 Å². The lowest BCUT2D eigenvalue weighted by atomic mass is 10.2. The van der Waals surface area contributed by atoms with Crippen LogP contribution in [-0.4, -0.2) is 58.0 Å². The van der Waals surface area contributed by atoms with E-state index in [1.54, 1.807) is 0 Å². The molecule has 0 spiro atoms. The van der Waals surface area contributed by atoms with E-state index in [-0.39, 0.29) is 0 Å². The second-order valence-electron chi connectivity index (χ2n) is 6.02. The van der Waals surface area contributed by atoms with Gasteiger partial charge in [0.1, 0.15) is 13.1 Å². The van der Waals surface area contributed by atoms with E-state index in [9.17, 15) is 0 Å². The molecule has 0 radical (unpaired) electrons. The van der Waals surface area contributed by atoms with E-state index in [0.29, 0.717) is 12.3 Å². The lowest BCUT2D eigenvalue weighted by Crippen LogP contribution is -2.74. The number of hydrogen-bond acceptors (Lipinski definition) is 2. The molecule has 4 heteroatoms. The molecule has 2 heterocycles. The molecule has 2 aliphatic rings. The van der Waals surface area contributed by atoms with E-state index in [2.05, 4.69) is 76.3 Å². The van der Waals surface area contributed by atoms with Crippen LogP contribution < -0.4 is 0 Å². The molecule has 0 N–H and O–H groups in total. The fourth-order valence-electron chi connectivity index (χ4n) is 4.33. The minimum Gasteiger partial charge on any atom is -0.323 e. The van der Waals surface area contributed by atoms with Crippen LogP contribution >= 0.6 is 0 Å². The molecule has 0 aromatic heterocycles. The summed E-state index contributed by atoms with van der Waals surface area (Å²) in [7, 11) is 2.20. The molecule has 4 nitrogen and oxygen atoms in total. The Bertz CT molecular complexity index is 405. The standard InChI is InChI=1S/C16H32N4/c1-7-16-18(8-2)12-14-20(16,10-4)19(9-3)13-11-17(6)15(19)5/h11-16H,7-10H2,1-6H3/q+2. The van der Waals surface area contributed by atoms with E-state index in [1.807, 2.05) is 0 Å². The summed E-state index contributed by atoms with van der Waals surface area (Å²) < 4.78 is 2.02. The molecule has 4 atom stereocenters. The Morgan fingerprint density at radius 1 is 0.950 bits per heavy atom. The molecule has 0 aromatic rings. The van der Waals surface area contributed by atoms with Crippen LogP contribution in [0.25, 0.3) is 0 Å². The summed E-state index contributed by atoms with van der Waals surface area (Å²) in [6, 6.07) is 0. The van der Waals surface area contributed by atoms with Crippen molar-refractivity contribution in [3.05, 3.63) is 24.8 Å². The number of hydrogen-bond donors (Lipinski definition) is 0. The van der Waals surface area contributed by atoms with Crippen molar-refractivity contribution in [1.29, 1.82) is 0 Å². The molecular weight excluding hydrogens is 248 g/mol. The minimum atomic E-state index is 0.482. The van der Waals surface area contributed by atoms with Gasteiger partial charge in [0.2, 0.25) is 12.3 Å². The molecule has 4 unspecified atom stereocenters. The Morgan fingerprint density at radius 2 is 1.55 bits per heavy atom. The van der Waals surface area contributed by atoms with Crippen LogP contribution in [0.1, 0.15) is 41.0 Å². The fraction of sp³-hybridized carbons (Fsp3) is 0.750. The minimum absolute atomic E-state index is 0.482. The molecule has 0 saturated carbocycles. The zero-order chi connectivity index (χ0) is 15.0. The normalized spacial score (nSPS) is 40.1. The van der Waals surface area contributed by atoms with E-state index in [1.165, 1.54) is 6.42 Å². The van der Waals surface area contributed by atoms with Crippen molar-refractivity contribution < 1.29 is 9.18 Å². The van der Waals surface area contributed by atoms with Gasteiger partial charge in [0.15, 0.2) is 12.4 Å². The number of nitrogens with zero attached hydrogens (tertiary/aromatic N) is 4. The van der Waals surface area contributed by atoms with Crippen LogP contribution in [0, 0.1) is 0 Å². The highest BCUT2D eigenvalue weighted by Gasteiger charge is 2.60. The van der Waals surface area contributed by atoms with E-state index in [0.717, 1.165) is 28.8 Å². The first-order chi connectivity index (χ1) is 9.52. The van der Waals surface area contributed by atoms with Crippen molar-refractivity contribution in [3.8, 4) is 0 Å². The van der Waals surface area contributed by atoms with Crippen molar-refractivity contribution >= 4 is 0 Å². The van der Waals surface area contributed by atoms with Crippen molar-refractivity contribution in [3.63, 3.8) is 0 Å². The van der Waals surface area contributed by atoms with Gasteiger partial charge < -0.3 is 9.80 Å². The van der Waals surface area contributed by atoms with Gasteiger partial charge in [0.05, 0.1) is 12.4 Å². The Kier molecular flexibility index (Phi) is 4.17. The second-order valence-corrected chi connectivity index (χ2v) is 6.02. The van der Waals surface area contributed by atoms with Gasteiger partial charge in [0.25, 0.3) is 0 Å². The molecule has 0 saturated heterocycles. The van der Waals surface area contributed by atoms with Crippen LogP contribution in [-0.2, 0) is 0 Å². The van der Waals surface area contributed by atoms with Gasteiger partial charge in [-0.15, -0.1) is 9.18 Å². The lowest BCUT2D eigenvalue weighted by Gasteiger charge is -2.52. The summed E-state index contributed by atoms with van der Waals surface area (Å²) in [5, 5.41) is 0. The Hall–Kier alpha value is -1.00. The Labute approximate surface area is 124 Å². The molecule has 0 aromatic carbocycles. The highest BCUT2D eigenvalue weighted by Crippen LogP contribution is 2.41. The number of rotatable bonds is 5. The van der Waals surface area contributed by atoms with E-state index < -0.39 is 0 Å². The van der Waals surface area contributed by atoms with Crippen LogP contribution in [0.4, 0.5) is 0 Å². The van der Waals surface area contributed by atoms with E-state index >= 15 is 0 Å². The first-order valence-electron chi connectivity index (χ1n) is 8.14. The van der Waals surface area contributed by atoms with Gasteiger partial charge in [-0.2, -0.15) is 0 Å². The third-order valence-corrected chi connectivity index (χ3v) is 5.65. The smallest absolute Gasteiger partial charge is 0.212 e. The van der Waals surface area contributed by atoms with Crippen LogP contribution in [0.2, 0.25) is 0 Å².